The van der Waals surface area contributed by atoms with Crippen molar-refractivity contribution in [2.24, 2.45) is 11.8 Å². The fourth-order valence-electron chi connectivity index (χ4n) is 2.87. The number of aromatic nitrogens is 1. The van der Waals surface area contributed by atoms with Crippen molar-refractivity contribution in [1.29, 1.82) is 0 Å². The van der Waals surface area contributed by atoms with Crippen LogP contribution in [-0.4, -0.2) is 48.4 Å². The molecule has 126 valence electrons. The highest BCUT2D eigenvalue weighted by Gasteiger charge is 2.30. The van der Waals surface area contributed by atoms with Crippen molar-refractivity contribution in [3.05, 3.63) is 23.9 Å². The topological polar surface area (TPSA) is 74.3 Å². The molecule has 2 amide bonds. The van der Waals surface area contributed by atoms with Crippen LogP contribution in [0.25, 0.3) is 0 Å². The largest absolute Gasteiger partial charge is 0.342 e. The average molecular weight is 318 g/mol. The number of hydrogen-bond acceptors (Lipinski definition) is 4. The molecule has 2 heterocycles. The molecule has 1 aliphatic heterocycles. The van der Waals surface area contributed by atoms with E-state index in [4.69, 9.17) is 0 Å². The Morgan fingerprint density at radius 2 is 2.22 bits per heavy atom. The molecule has 1 aromatic rings. The zero-order chi connectivity index (χ0) is 16.8. The molecule has 0 radical (unpaired) electrons. The van der Waals surface area contributed by atoms with Crippen LogP contribution < -0.4 is 10.6 Å². The summed E-state index contributed by atoms with van der Waals surface area (Å²) in [5.74, 6) is 0.385. The van der Waals surface area contributed by atoms with Gasteiger partial charge in [0.15, 0.2) is 0 Å². The maximum atomic E-state index is 12.4. The molecule has 6 heteroatoms. The van der Waals surface area contributed by atoms with E-state index >= 15 is 0 Å². The highest BCUT2D eigenvalue weighted by Crippen LogP contribution is 2.20. The number of aryl methyl sites for hydroxylation is 1. The molecule has 1 saturated heterocycles. The maximum Gasteiger partial charge on any atom is 0.230 e. The van der Waals surface area contributed by atoms with Gasteiger partial charge in [-0.2, -0.15) is 0 Å². The number of likely N-dealkylation sites (tertiary alicyclic amines) is 1. The smallest absolute Gasteiger partial charge is 0.230 e. The number of anilines is 1. The molecule has 0 bridgehead atoms. The van der Waals surface area contributed by atoms with Gasteiger partial charge >= 0.3 is 0 Å². The summed E-state index contributed by atoms with van der Waals surface area (Å²) in [6.07, 6.45) is 3.39. The number of piperidine rings is 1. The minimum Gasteiger partial charge on any atom is -0.342 e. The van der Waals surface area contributed by atoms with Gasteiger partial charge in [0.05, 0.1) is 5.92 Å². The highest BCUT2D eigenvalue weighted by atomic mass is 16.2. The maximum absolute atomic E-state index is 12.4. The van der Waals surface area contributed by atoms with E-state index in [1.165, 1.54) is 0 Å². The van der Waals surface area contributed by atoms with E-state index in [0.717, 1.165) is 24.9 Å². The van der Waals surface area contributed by atoms with Gasteiger partial charge in [-0.05, 0) is 38.4 Å². The lowest BCUT2D eigenvalue weighted by atomic mass is 9.96. The van der Waals surface area contributed by atoms with Crippen LogP contribution in [0.2, 0.25) is 0 Å². The third-order valence-corrected chi connectivity index (χ3v) is 4.20. The monoisotopic (exact) mass is 318 g/mol. The van der Waals surface area contributed by atoms with Crippen LogP contribution in [0.5, 0.6) is 0 Å². The molecule has 1 aromatic heterocycles. The predicted octanol–water partition coefficient (Wildman–Crippen LogP) is 1.42. The highest BCUT2D eigenvalue weighted by molar-refractivity contribution is 5.92. The molecule has 1 fully saturated rings. The molecule has 2 unspecified atom stereocenters. The normalized spacial score (nSPS) is 19.3. The van der Waals surface area contributed by atoms with Crippen molar-refractivity contribution in [1.82, 2.24) is 15.2 Å². The summed E-state index contributed by atoms with van der Waals surface area (Å²) in [5, 5.41) is 5.88. The molecule has 0 saturated carbocycles. The van der Waals surface area contributed by atoms with Crippen LogP contribution >= 0.6 is 0 Å². The van der Waals surface area contributed by atoms with E-state index in [0.29, 0.717) is 18.9 Å². The summed E-state index contributed by atoms with van der Waals surface area (Å²) in [5.41, 5.74) is 1.05. The molecule has 6 nitrogen and oxygen atoms in total. The van der Waals surface area contributed by atoms with Gasteiger partial charge in [0.2, 0.25) is 11.8 Å². The van der Waals surface area contributed by atoms with Crippen molar-refractivity contribution in [3.63, 3.8) is 0 Å². The van der Waals surface area contributed by atoms with Gasteiger partial charge in [-0.15, -0.1) is 0 Å². The molecule has 1 aliphatic rings. The Hall–Kier alpha value is -1.95. The third-order valence-electron chi connectivity index (χ3n) is 4.20. The second kappa shape index (κ2) is 8.06. The first-order chi connectivity index (χ1) is 11.0. The number of carbonyl (C=O) groups excluding carboxylic acids is 2. The minimum atomic E-state index is -0.169. The minimum absolute atomic E-state index is 0.0554. The van der Waals surface area contributed by atoms with E-state index in [1.807, 2.05) is 31.9 Å². The van der Waals surface area contributed by atoms with Crippen molar-refractivity contribution < 1.29 is 9.59 Å². The molecule has 0 aliphatic carbocycles. The lowest BCUT2D eigenvalue weighted by molar-refractivity contribution is -0.137. The molecular formula is C17H26N4O2. The summed E-state index contributed by atoms with van der Waals surface area (Å²) >= 11 is 0. The Kier molecular flexibility index (Phi) is 6.10. The first-order valence-electron chi connectivity index (χ1n) is 8.18. The Balaban J connectivity index is 1.93. The molecule has 2 atom stereocenters. The van der Waals surface area contributed by atoms with Crippen molar-refractivity contribution in [3.8, 4) is 0 Å². The van der Waals surface area contributed by atoms with Crippen LogP contribution in [0.4, 0.5) is 5.82 Å². The number of nitrogens with one attached hydrogen (secondary N) is 2. The Morgan fingerprint density at radius 3 is 2.87 bits per heavy atom. The van der Waals surface area contributed by atoms with Crippen LogP contribution in [0.15, 0.2) is 18.3 Å². The van der Waals surface area contributed by atoms with E-state index in [-0.39, 0.29) is 23.7 Å². The van der Waals surface area contributed by atoms with Gasteiger partial charge in [0, 0.05) is 31.7 Å². The lowest BCUT2D eigenvalue weighted by Crippen LogP contribution is -2.46. The Bertz CT molecular complexity index is 544. The molecule has 2 N–H and O–H groups in total. The Labute approximate surface area is 137 Å². The summed E-state index contributed by atoms with van der Waals surface area (Å²) in [4.78, 5) is 30.8. The van der Waals surface area contributed by atoms with E-state index in [9.17, 15) is 9.59 Å². The first kappa shape index (κ1) is 17.4. The van der Waals surface area contributed by atoms with E-state index in [2.05, 4.69) is 15.6 Å². The number of rotatable bonds is 5. The fraction of sp³-hybridized carbons (Fsp3) is 0.588. The van der Waals surface area contributed by atoms with Crippen LogP contribution in [-0.2, 0) is 9.59 Å². The second-order valence-corrected chi connectivity index (χ2v) is 6.29. The second-order valence-electron chi connectivity index (χ2n) is 6.29. The van der Waals surface area contributed by atoms with Crippen molar-refractivity contribution >= 4 is 17.6 Å². The van der Waals surface area contributed by atoms with E-state index in [1.54, 1.807) is 12.3 Å². The van der Waals surface area contributed by atoms with Gasteiger partial charge in [-0.25, -0.2) is 4.98 Å². The number of amides is 2. The quantitative estimate of drug-likeness (QED) is 0.861. The fourth-order valence-corrected chi connectivity index (χ4v) is 2.87. The van der Waals surface area contributed by atoms with Gasteiger partial charge in [0.1, 0.15) is 5.82 Å². The number of nitrogens with zero attached hydrogens (tertiary/aromatic N) is 2. The number of carbonyl (C=O) groups is 2. The molecule has 0 aromatic carbocycles. The summed E-state index contributed by atoms with van der Waals surface area (Å²) in [7, 11) is 1.84. The van der Waals surface area contributed by atoms with Gasteiger partial charge in [-0.1, -0.05) is 13.0 Å². The predicted molar refractivity (Wildman–Crippen MR) is 90.0 cm³/mol. The summed E-state index contributed by atoms with van der Waals surface area (Å²) in [6.45, 7) is 5.75. The van der Waals surface area contributed by atoms with E-state index < -0.39 is 0 Å². The number of hydrogen-bond donors (Lipinski definition) is 2. The zero-order valence-corrected chi connectivity index (χ0v) is 14.1. The third kappa shape index (κ3) is 4.76. The van der Waals surface area contributed by atoms with Gasteiger partial charge in [-0.3, -0.25) is 9.59 Å². The van der Waals surface area contributed by atoms with Crippen molar-refractivity contribution in [2.45, 2.75) is 26.7 Å². The van der Waals surface area contributed by atoms with Crippen LogP contribution in [0, 0.1) is 18.8 Å². The van der Waals surface area contributed by atoms with Gasteiger partial charge < -0.3 is 15.5 Å². The van der Waals surface area contributed by atoms with Crippen LogP contribution in [0.1, 0.15) is 25.3 Å². The molecule has 23 heavy (non-hydrogen) atoms. The summed E-state index contributed by atoms with van der Waals surface area (Å²) in [6, 6.07) is 3.71. The molecular weight excluding hydrogens is 292 g/mol. The lowest BCUT2D eigenvalue weighted by Gasteiger charge is -2.33. The molecule has 2 rings (SSSR count). The Morgan fingerprint density at radius 1 is 1.43 bits per heavy atom. The number of pyridine rings is 1. The van der Waals surface area contributed by atoms with Crippen molar-refractivity contribution in [2.75, 3.05) is 32.0 Å². The zero-order valence-electron chi connectivity index (χ0n) is 14.1. The summed E-state index contributed by atoms with van der Waals surface area (Å²) < 4.78 is 0. The average Bonchev–Trinajstić information content (AvgIpc) is 2.56. The SMILES string of the molecule is CNCC(C)C(=O)N1CCCC(C(=O)Nc2ccc(C)cn2)C1. The molecule has 0 spiro atoms. The van der Waals surface area contributed by atoms with Crippen LogP contribution in [0.3, 0.4) is 0 Å². The first-order valence-corrected chi connectivity index (χ1v) is 8.18. The van der Waals surface area contributed by atoms with Gasteiger partial charge in [0.25, 0.3) is 0 Å². The standard InChI is InChI=1S/C17H26N4O2/c1-12-6-7-15(19-9-12)20-16(22)14-5-4-8-21(11-14)17(23)13(2)10-18-3/h6-7,9,13-14,18H,4-5,8,10-11H2,1-3H3,(H,19,20,22).